The molecular formula is C19H22N4OS2. The maximum absolute atomic E-state index is 12.5. The molecule has 4 rings (SSSR count). The van der Waals surface area contributed by atoms with Crippen molar-refractivity contribution in [3.63, 3.8) is 0 Å². The molecule has 0 spiro atoms. The average Bonchev–Trinajstić information content (AvgIpc) is 3.30. The molecule has 0 bridgehead atoms. The average molecular weight is 387 g/mol. The molecule has 1 aliphatic rings. The molecule has 0 aliphatic heterocycles. The summed E-state index contributed by atoms with van der Waals surface area (Å²) >= 11 is 3.22. The second-order valence-corrected chi connectivity index (χ2v) is 8.83. The number of thiophene rings is 1. The Morgan fingerprint density at radius 2 is 2.35 bits per heavy atom. The molecule has 7 heteroatoms. The first-order chi connectivity index (χ1) is 12.6. The second-order valence-electron chi connectivity index (χ2n) is 6.85. The normalized spacial score (nSPS) is 17.1. The van der Waals surface area contributed by atoms with Gasteiger partial charge in [0.05, 0.1) is 22.5 Å². The predicted molar refractivity (Wildman–Crippen MR) is 108 cm³/mol. The molecule has 3 aromatic heterocycles. The van der Waals surface area contributed by atoms with Crippen LogP contribution in [-0.2, 0) is 12.8 Å². The number of rotatable bonds is 4. The third-order valence-electron chi connectivity index (χ3n) is 5.09. The van der Waals surface area contributed by atoms with Crippen molar-refractivity contribution in [2.45, 2.75) is 46.5 Å². The Morgan fingerprint density at radius 1 is 1.50 bits per heavy atom. The summed E-state index contributed by atoms with van der Waals surface area (Å²) in [5, 5.41) is 6.25. The molecule has 0 saturated heterocycles. The Balaban J connectivity index is 1.49. The molecule has 3 heterocycles. The van der Waals surface area contributed by atoms with Gasteiger partial charge in [0.2, 0.25) is 0 Å². The Bertz CT molecular complexity index is 995. The summed E-state index contributed by atoms with van der Waals surface area (Å²) < 4.78 is 2.06. The molecular weight excluding hydrogens is 364 g/mol. The van der Waals surface area contributed by atoms with Crippen LogP contribution in [-0.4, -0.2) is 21.5 Å². The summed E-state index contributed by atoms with van der Waals surface area (Å²) in [7, 11) is 0. The molecule has 136 valence electrons. The van der Waals surface area contributed by atoms with Crippen LogP contribution in [0, 0.1) is 19.8 Å². The van der Waals surface area contributed by atoms with Gasteiger partial charge < -0.3 is 0 Å². The fourth-order valence-corrected chi connectivity index (χ4v) is 5.56. The number of carbonyl (C=O) groups is 1. The van der Waals surface area contributed by atoms with E-state index in [9.17, 15) is 4.79 Å². The minimum absolute atomic E-state index is 0.130. The van der Waals surface area contributed by atoms with Gasteiger partial charge in [-0.15, -0.1) is 22.7 Å². The molecule has 0 unspecified atom stereocenters. The lowest BCUT2D eigenvalue weighted by atomic mass is 9.87. The van der Waals surface area contributed by atoms with Crippen molar-refractivity contribution in [1.82, 2.24) is 14.8 Å². The summed E-state index contributed by atoms with van der Waals surface area (Å²) in [6.45, 7) is 6.25. The molecule has 1 amide bonds. The molecule has 26 heavy (non-hydrogen) atoms. The van der Waals surface area contributed by atoms with Gasteiger partial charge >= 0.3 is 0 Å². The fraction of sp³-hybridized carbons (Fsp3) is 0.421. The van der Waals surface area contributed by atoms with Gasteiger partial charge in [-0.2, -0.15) is 5.10 Å². The van der Waals surface area contributed by atoms with E-state index in [4.69, 9.17) is 0 Å². The summed E-state index contributed by atoms with van der Waals surface area (Å²) in [5.41, 5.74) is 6.97. The number of hydrogen-bond acceptors (Lipinski definition) is 5. The van der Waals surface area contributed by atoms with Crippen molar-refractivity contribution in [1.29, 1.82) is 0 Å². The zero-order valence-corrected chi connectivity index (χ0v) is 16.8. The van der Waals surface area contributed by atoms with Gasteiger partial charge in [0.1, 0.15) is 0 Å². The van der Waals surface area contributed by atoms with Crippen molar-refractivity contribution < 1.29 is 4.79 Å². The van der Waals surface area contributed by atoms with E-state index in [0.29, 0.717) is 0 Å². The summed E-state index contributed by atoms with van der Waals surface area (Å²) in [6, 6.07) is 2.05. The highest BCUT2D eigenvalue weighted by atomic mass is 32.1. The van der Waals surface area contributed by atoms with Crippen LogP contribution in [0.15, 0.2) is 16.5 Å². The topological polar surface area (TPSA) is 58.8 Å². The van der Waals surface area contributed by atoms with E-state index >= 15 is 0 Å². The number of thiazole rings is 1. The highest BCUT2D eigenvalue weighted by Crippen LogP contribution is 2.33. The summed E-state index contributed by atoms with van der Waals surface area (Å²) in [6.07, 6.45) is 6.33. The minimum atomic E-state index is -0.130. The van der Waals surface area contributed by atoms with E-state index in [1.54, 1.807) is 28.9 Å². The molecule has 1 N–H and O–H groups in total. The SMILES string of the molecule is CC[C@@H]1CCc2sc(C(=O)N/N=C\c3c(C)nc4scc(C)n34)cc2C1. The molecule has 0 saturated carbocycles. The molecule has 1 aliphatic carbocycles. The van der Waals surface area contributed by atoms with Crippen LogP contribution < -0.4 is 5.43 Å². The first kappa shape index (κ1) is 17.4. The minimum Gasteiger partial charge on any atom is -0.286 e. The van der Waals surface area contributed by atoms with Gasteiger partial charge in [0.15, 0.2) is 4.96 Å². The van der Waals surface area contributed by atoms with Crippen molar-refractivity contribution >= 4 is 39.8 Å². The summed E-state index contributed by atoms with van der Waals surface area (Å²) in [4.78, 5) is 20.1. The Kier molecular flexibility index (Phi) is 4.67. The maximum Gasteiger partial charge on any atom is 0.281 e. The van der Waals surface area contributed by atoms with Crippen LogP contribution in [0.1, 0.15) is 57.0 Å². The number of imidazole rings is 1. The monoisotopic (exact) mass is 386 g/mol. The standard InChI is InChI=1S/C19H22N4OS2/c1-4-13-5-6-16-14(7-13)8-17(26-16)18(24)22-20-9-15-12(3)21-19-23(15)11(2)10-25-19/h8-10,13H,4-7H2,1-3H3,(H,22,24)/b20-9-/t13-/m1/s1. The highest BCUT2D eigenvalue weighted by Gasteiger charge is 2.22. The maximum atomic E-state index is 12.5. The highest BCUT2D eigenvalue weighted by molar-refractivity contribution is 7.15. The third-order valence-corrected chi connectivity index (χ3v) is 7.27. The van der Waals surface area contributed by atoms with Crippen LogP contribution in [0.5, 0.6) is 0 Å². The quantitative estimate of drug-likeness (QED) is 0.535. The van der Waals surface area contributed by atoms with E-state index < -0.39 is 0 Å². The number of carbonyl (C=O) groups excluding carboxylic acids is 1. The zero-order chi connectivity index (χ0) is 18.3. The van der Waals surface area contributed by atoms with Crippen molar-refractivity contribution in [3.8, 4) is 0 Å². The van der Waals surface area contributed by atoms with E-state index in [1.807, 2.05) is 13.8 Å². The van der Waals surface area contributed by atoms with E-state index in [-0.39, 0.29) is 5.91 Å². The number of nitrogens with zero attached hydrogens (tertiary/aromatic N) is 3. The third kappa shape index (κ3) is 3.10. The molecule has 0 fully saturated rings. The number of amides is 1. The summed E-state index contributed by atoms with van der Waals surface area (Å²) in [5.74, 6) is 0.626. The van der Waals surface area contributed by atoms with Gasteiger partial charge in [-0.1, -0.05) is 13.3 Å². The van der Waals surface area contributed by atoms with Crippen LogP contribution in [0.3, 0.4) is 0 Å². The molecule has 3 aromatic rings. The number of nitrogens with one attached hydrogen (secondary N) is 1. The molecule has 1 atom stereocenters. The number of hydrogen-bond donors (Lipinski definition) is 1. The Morgan fingerprint density at radius 3 is 3.15 bits per heavy atom. The smallest absolute Gasteiger partial charge is 0.281 e. The lowest BCUT2D eigenvalue weighted by molar-refractivity contribution is 0.0959. The van der Waals surface area contributed by atoms with Crippen LogP contribution >= 0.6 is 22.7 Å². The number of aryl methyl sites for hydroxylation is 3. The van der Waals surface area contributed by atoms with Gasteiger partial charge in [0, 0.05) is 16.0 Å². The second kappa shape index (κ2) is 6.96. The van der Waals surface area contributed by atoms with Crippen molar-refractivity contribution in [2.75, 3.05) is 0 Å². The van der Waals surface area contributed by atoms with Crippen LogP contribution in [0.4, 0.5) is 0 Å². The predicted octanol–water partition coefficient (Wildman–Crippen LogP) is 4.35. The van der Waals surface area contributed by atoms with E-state index in [2.05, 4.69) is 38.3 Å². The fourth-order valence-electron chi connectivity index (χ4n) is 3.54. The van der Waals surface area contributed by atoms with Crippen LogP contribution in [0.25, 0.3) is 4.96 Å². The lowest BCUT2D eigenvalue weighted by Gasteiger charge is -2.19. The number of aromatic nitrogens is 2. The zero-order valence-electron chi connectivity index (χ0n) is 15.2. The van der Waals surface area contributed by atoms with Gasteiger partial charge in [0.25, 0.3) is 5.91 Å². The molecule has 5 nitrogen and oxygen atoms in total. The molecule has 0 radical (unpaired) electrons. The van der Waals surface area contributed by atoms with Gasteiger partial charge in [-0.3, -0.25) is 9.20 Å². The number of fused-ring (bicyclic) bond motifs is 2. The van der Waals surface area contributed by atoms with E-state index in [1.165, 1.54) is 23.3 Å². The number of hydrazone groups is 1. The molecule has 0 aromatic carbocycles. The van der Waals surface area contributed by atoms with E-state index in [0.717, 1.165) is 45.7 Å². The first-order valence-electron chi connectivity index (χ1n) is 8.95. The Labute approximate surface area is 160 Å². The van der Waals surface area contributed by atoms with Crippen molar-refractivity contribution in [3.05, 3.63) is 43.8 Å². The van der Waals surface area contributed by atoms with Gasteiger partial charge in [-0.25, -0.2) is 10.4 Å². The largest absolute Gasteiger partial charge is 0.286 e. The van der Waals surface area contributed by atoms with Gasteiger partial charge in [-0.05, 0) is 50.7 Å². The lowest BCUT2D eigenvalue weighted by Crippen LogP contribution is -2.16. The first-order valence-corrected chi connectivity index (χ1v) is 10.6. The Hall–Kier alpha value is -1.99. The van der Waals surface area contributed by atoms with Crippen LogP contribution in [0.2, 0.25) is 0 Å². The van der Waals surface area contributed by atoms with Crippen molar-refractivity contribution in [2.24, 2.45) is 11.0 Å².